The van der Waals surface area contributed by atoms with Crippen LogP contribution in [0.5, 0.6) is 5.75 Å². The Labute approximate surface area is 114 Å². The number of hydrogen-bond donors (Lipinski definition) is 1. The molecule has 92 valence electrons. The lowest BCUT2D eigenvalue weighted by Gasteiger charge is -2.24. The molecule has 0 bridgehead atoms. The Bertz CT molecular complexity index is 419. The van der Waals surface area contributed by atoms with Gasteiger partial charge in [0, 0.05) is 11.1 Å². The number of ether oxygens (including phenoxy) is 2. The number of halogens is 1. The summed E-state index contributed by atoms with van der Waals surface area (Å²) >= 11 is 8.42. The van der Waals surface area contributed by atoms with E-state index in [1.165, 1.54) is 0 Å². The summed E-state index contributed by atoms with van der Waals surface area (Å²) in [4.78, 5) is 0.345. The van der Waals surface area contributed by atoms with Gasteiger partial charge in [0.15, 0.2) is 0 Å². The summed E-state index contributed by atoms with van der Waals surface area (Å²) < 4.78 is 12.2. The molecule has 0 aromatic heterocycles. The number of benzene rings is 1. The van der Waals surface area contributed by atoms with Crippen LogP contribution >= 0.6 is 28.1 Å². The molecule has 0 aliphatic carbocycles. The summed E-state index contributed by atoms with van der Waals surface area (Å²) in [5, 5.41) is 0. The smallest absolute Gasteiger partial charge is 0.130 e. The van der Waals surface area contributed by atoms with E-state index in [0.29, 0.717) is 11.6 Å². The summed E-state index contributed by atoms with van der Waals surface area (Å²) in [6.07, 6.45) is 2.13. The summed E-state index contributed by atoms with van der Waals surface area (Å²) in [6.45, 7) is 1.45. The zero-order valence-corrected chi connectivity index (χ0v) is 11.7. The minimum absolute atomic E-state index is 0.0954. The van der Waals surface area contributed by atoms with Gasteiger partial charge in [0.25, 0.3) is 0 Å². The van der Waals surface area contributed by atoms with Crippen LogP contribution < -0.4 is 10.5 Å². The van der Waals surface area contributed by atoms with Crippen LogP contribution in [0.15, 0.2) is 22.7 Å². The molecule has 0 radical (unpaired) electrons. The Hall–Kier alpha value is -0.650. The first kappa shape index (κ1) is 12.8. The molecule has 1 heterocycles. The standard InChI is InChI=1S/C12H14BrNO2S/c13-8-3-4-11(10(6-8)12(14)17)16-9-2-1-5-15-7-9/h3-4,6,9H,1-2,5,7H2,(H2,14,17). The quantitative estimate of drug-likeness (QED) is 0.871. The highest BCUT2D eigenvalue weighted by Crippen LogP contribution is 2.25. The molecule has 0 saturated carbocycles. The second kappa shape index (κ2) is 5.80. The van der Waals surface area contributed by atoms with Crippen molar-refractivity contribution in [3.05, 3.63) is 28.2 Å². The molecular weight excluding hydrogens is 302 g/mol. The van der Waals surface area contributed by atoms with Gasteiger partial charge in [-0.2, -0.15) is 0 Å². The van der Waals surface area contributed by atoms with Crippen molar-refractivity contribution in [2.75, 3.05) is 13.2 Å². The average Bonchev–Trinajstić information content (AvgIpc) is 2.32. The molecule has 1 unspecified atom stereocenters. The highest BCUT2D eigenvalue weighted by Gasteiger charge is 2.17. The highest BCUT2D eigenvalue weighted by molar-refractivity contribution is 9.10. The van der Waals surface area contributed by atoms with Crippen molar-refractivity contribution in [1.82, 2.24) is 0 Å². The topological polar surface area (TPSA) is 44.5 Å². The minimum atomic E-state index is 0.0954. The Morgan fingerprint density at radius 1 is 1.53 bits per heavy atom. The molecule has 1 aromatic carbocycles. The first-order valence-corrected chi connectivity index (χ1v) is 6.70. The van der Waals surface area contributed by atoms with Crippen LogP contribution in [-0.2, 0) is 4.74 Å². The van der Waals surface area contributed by atoms with E-state index in [-0.39, 0.29) is 6.10 Å². The monoisotopic (exact) mass is 315 g/mol. The van der Waals surface area contributed by atoms with E-state index >= 15 is 0 Å². The van der Waals surface area contributed by atoms with E-state index < -0.39 is 0 Å². The second-order valence-corrected chi connectivity index (χ2v) is 5.32. The van der Waals surface area contributed by atoms with E-state index in [1.54, 1.807) is 0 Å². The van der Waals surface area contributed by atoms with Crippen LogP contribution in [0.4, 0.5) is 0 Å². The number of hydrogen-bond acceptors (Lipinski definition) is 3. The summed E-state index contributed by atoms with van der Waals surface area (Å²) in [5.41, 5.74) is 6.45. The van der Waals surface area contributed by atoms with Crippen LogP contribution in [-0.4, -0.2) is 24.3 Å². The molecule has 1 aromatic rings. The second-order valence-electron chi connectivity index (χ2n) is 3.96. The molecule has 2 rings (SSSR count). The van der Waals surface area contributed by atoms with E-state index in [1.807, 2.05) is 18.2 Å². The van der Waals surface area contributed by atoms with Crippen molar-refractivity contribution in [2.24, 2.45) is 5.73 Å². The summed E-state index contributed by atoms with van der Waals surface area (Å²) in [6, 6.07) is 5.68. The van der Waals surface area contributed by atoms with Crippen molar-refractivity contribution in [1.29, 1.82) is 0 Å². The van der Waals surface area contributed by atoms with Gasteiger partial charge in [-0.3, -0.25) is 0 Å². The van der Waals surface area contributed by atoms with E-state index in [0.717, 1.165) is 35.2 Å². The fourth-order valence-electron chi connectivity index (χ4n) is 1.78. The zero-order valence-electron chi connectivity index (χ0n) is 9.32. The number of rotatable bonds is 3. The maximum Gasteiger partial charge on any atom is 0.130 e. The van der Waals surface area contributed by atoms with Gasteiger partial charge >= 0.3 is 0 Å². The molecule has 1 aliphatic heterocycles. The van der Waals surface area contributed by atoms with Crippen molar-refractivity contribution in [3.8, 4) is 5.75 Å². The molecule has 3 nitrogen and oxygen atoms in total. The molecular formula is C12H14BrNO2S. The van der Waals surface area contributed by atoms with Gasteiger partial charge in [0.2, 0.25) is 0 Å². The fraction of sp³-hybridized carbons (Fsp3) is 0.417. The maximum atomic E-state index is 5.89. The molecule has 1 fully saturated rings. The first-order chi connectivity index (χ1) is 8.16. The van der Waals surface area contributed by atoms with Gasteiger partial charge in [0.1, 0.15) is 16.8 Å². The summed E-state index contributed by atoms with van der Waals surface area (Å²) in [7, 11) is 0. The van der Waals surface area contributed by atoms with Gasteiger partial charge in [0.05, 0.1) is 12.2 Å². The third-order valence-corrected chi connectivity index (χ3v) is 3.33. The molecule has 1 atom stereocenters. The van der Waals surface area contributed by atoms with Crippen LogP contribution in [0.1, 0.15) is 18.4 Å². The largest absolute Gasteiger partial charge is 0.487 e. The van der Waals surface area contributed by atoms with E-state index in [4.69, 9.17) is 27.4 Å². The van der Waals surface area contributed by atoms with Crippen LogP contribution in [0.2, 0.25) is 0 Å². The molecule has 5 heteroatoms. The number of nitrogens with two attached hydrogens (primary N) is 1. The fourth-order valence-corrected chi connectivity index (χ4v) is 2.30. The van der Waals surface area contributed by atoms with Crippen molar-refractivity contribution >= 4 is 33.1 Å². The van der Waals surface area contributed by atoms with Gasteiger partial charge in [-0.05, 0) is 31.0 Å². The van der Waals surface area contributed by atoms with Gasteiger partial charge in [-0.15, -0.1) is 0 Å². The van der Waals surface area contributed by atoms with Gasteiger partial charge in [-0.1, -0.05) is 28.1 Å². The predicted octanol–water partition coefficient (Wildman–Crippen LogP) is 2.64. The van der Waals surface area contributed by atoms with Crippen molar-refractivity contribution in [2.45, 2.75) is 18.9 Å². The Balaban J connectivity index is 2.16. The van der Waals surface area contributed by atoms with Crippen LogP contribution in [0.25, 0.3) is 0 Å². The van der Waals surface area contributed by atoms with Gasteiger partial charge < -0.3 is 15.2 Å². The van der Waals surface area contributed by atoms with E-state index in [9.17, 15) is 0 Å². The highest BCUT2D eigenvalue weighted by atomic mass is 79.9. The van der Waals surface area contributed by atoms with Crippen LogP contribution in [0.3, 0.4) is 0 Å². The lowest BCUT2D eigenvalue weighted by molar-refractivity contribution is 0.00736. The maximum absolute atomic E-state index is 5.89. The SMILES string of the molecule is NC(=S)c1cc(Br)ccc1OC1CCCOC1. The van der Waals surface area contributed by atoms with E-state index in [2.05, 4.69) is 15.9 Å². The molecule has 0 spiro atoms. The third-order valence-electron chi connectivity index (χ3n) is 2.62. The molecule has 2 N–H and O–H groups in total. The van der Waals surface area contributed by atoms with Crippen LogP contribution in [0, 0.1) is 0 Å². The van der Waals surface area contributed by atoms with Crippen molar-refractivity contribution < 1.29 is 9.47 Å². The molecule has 1 saturated heterocycles. The average molecular weight is 316 g/mol. The molecule has 0 amide bonds. The normalized spacial score (nSPS) is 19.9. The lowest BCUT2D eigenvalue weighted by Crippen LogP contribution is -2.28. The Kier molecular flexibility index (Phi) is 4.36. The molecule has 17 heavy (non-hydrogen) atoms. The Morgan fingerprint density at radius 3 is 3.00 bits per heavy atom. The first-order valence-electron chi connectivity index (χ1n) is 5.50. The molecule has 1 aliphatic rings. The van der Waals surface area contributed by atoms with Crippen molar-refractivity contribution in [3.63, 3.8) is 0 Å². The lowest BCUT2D eigenvalue weighted by atomic mass is 10.1. The zero-order chi connectivity index (χ0) is 12.3. The predicted molar refractivity (Wildman–Crippen MR) is 74.5 cm³/mol. The Morgan fingerprint density at radius 2 is 2.35 bits per heavy atom. The third kappa shape index (κ3) is 3.40. The van der Waals surface area contributed by atoms with Gasteiger partial charge in [-0.25, -0.2) is 0 Å². The minimum Gasteiger partial charge on any atom is -0.487 e. The summed E-state index contributed by atoms with van der Waals surface area (Å²) in [5.74, 6) is 0.733. The number of thiocarbonyl (C=S) groups is 1.